The summed E-state index contributed by atoms with van der Waals surface area (Å²) in [6, 6.07) is 4.66. The first-order valence-corrected chi connectivity index (χ1v) is 7.76. The molecule has 1 aromatic carbocycles. The SMILES string of the molecule is CCOC1(C(N)c2cccc(OC)c2F)CCCC(C)C1. The Morgan fingerprint density at radius 3 is 2.86 bits per heavy atom. The van der Waals surface area contributed by atoms with Crippen LogP contribution in [0.3, 0.4) is 0 Å². The summed E-state index contributed by atoms with van der Waals surface area (Å²) in [5.74, 6) is 0.410. The van der Waals surface area contributed by atoms with Gasteiger partial charge in [-0.1, -0.05) is 31.9 Å². The minimum absolute atomic E-state index is 0.235. The van der Waals surface area contributed by atoms with Gasteiger partial charge in [-0.25, -0.2) is 4.39 Å². The standard InChI is InChI=1S/C17H26FNO2/c1-4-21-17(10-6-7-12(2)11-17)16(19)13-8-5-9-14(20-3)15(13)18/h5,8-9,12,16H,4,6-7,10-11,19H2,1-3H3. The molecule has 0 radical (unpaired) electrons. The maximum absolute atomic E-state index is 14.5. The molecule has 3 atom stereocenters. The van der Waals surface area contributed by atoms with Gasteiger partial charge in [-0.15, -0.1) is 0 Å². The summed E-state index contributed by atoms with van der Waals surface area (Å²) >= 11 is 0. The second-order valence-corrected chi connectivity index (χ2v) is 6.04. The molecule has 2 rings (SSSR count). The maximum Gasteiger partial charge on any atom is 0.169 e. The number of methoxy groups -OCH3 is 1. The third kappa shape index (κ3) is 3.22. The Balaban J connectivity index is 2.36. The number of hydrogen-bond acceptors (Lipinski definition) is 3. The molecule has 0 spiro atoms. The third-order valence-electron chi connectivity index (χ3n) is 4.54. The van der Waals surface area contributed by atoms with E-state index in [4.69, 9.17) is 15.2 Å². The van der Waals surface area contributed by atoms with Crippen molar-refractivity contribution in [3.05, 3.63) is 29.6 Å². The highest BCUT2D eigenvalue weighted by Crippen LogP contribution is 2.43. The normalized spacial score (nSPS) is 27.4. The highest BCUT2D eigenvalue weighted by molar-refractivity contribution is 5.34. The van der Waals surface area contributed by atoms with E-state index in [9.17, 15) is 4.39 Å². The largest absolute Gasteiger partial charge is 0.494 e. The summed E-state index contributed by atoms with van der Waals surface area (Å²) in [5, 5.41) is 0. The summed E-state index contributed by atoms with van der Waals surface area (Å²) < 4.78 is 25.6. The van der Waals surface area contributed by atoms with E-state index in [1.165, 1.54) is 13.5 Å². The van der Waals surface area contributed by atoms with Crippen LogP contribution < -0.4 is 10.5 Å². The van der Waals surface area contributed by atoms with Gasteiger partial charge in [0.1, 0.15) is 0 Å². The number of ether oxygens (including phenoxy) is 2. The average Bonchev–Trinajstić information content (AvgIpc) is 2.47. The molecule has 3 unspecified atom stereocenters. The van der Waals surface area contributed by atoms with Gasteiger partial charge in [-0.2, -0.15) is 0 Å². The summed E-state index contributed by atoms with van der Waals surface area (Å²) in [6.07, 6.45) is 4.00. The Morgan fingerprint density at radius 2 is 2.24 bits per heavy atom. The van der Waals surface area contributed by atoms with Gasteiger partial charge in [0.25, 0.3) is 0 Å². The fourth-order valence-corrected chi connectivity index (χ4v) is 3.54. The van der Waals surface area contributed by atoms with Crippen LogP contribution in [0.5, 0.6) is 5.75 Å². The molecule has 118 valence electrons. The van der Waals surface area contributed by atoms with E-state index in [2.05, 4.69) is 6.92 Å². The van der Waals surface area contributed by atoms with Crippen molar-refractivity contribution in [3.63, 3.8) is 0 Å². The zero-order valence-electron chi connectivity index (χ0n) is 13.2. The lowest BCUT2D eigenvalue weighted by Crippen LogP contribution is -2.47. The van der Waals surface area contributed by atoms with Gasteiger partial charge in [0.05, 0.1) is 18.8 Å². The second kappa shape index (κ2) is 6.75. The van der Waals surface area contributed by atoms with E-state index in [1.807, 2.05) is 6.92 Å². The smallest absolute Gasteiger partial charge is 0.169 e. The number of benzene rings is 1. The van der Waals surface area contributed by atoms with Gasteiger partial charge in [0.2, 0.25) is 0 Å². The molecule has 21 heavy (non-hydrogen) atoms. The maximum atomic E-state index is 14.5. The predicted octanol–water partition coefficient (Wildman–Crippen LogP) is 3.82. The van der Waals surface area contributed by atoms with Crippen LogP contribution in [0.1, 0.15) is 51.1 Å². The number of halogens is 1. The molecule has 1 saturated carbocycles. The summed E-state index contributed by atoms with van der Waals surface area (Å²) in [5.41, 5.74) is 6.47. The first kappa shape index (κ1) is 16.2. The van der Waals surface area contributed by atoms with E-state index in [-0.39, 0.29) is 11.6 Å². The molecule has 0 amide bonds. The zero-order valence-corrected chi connectivity index (χ0v) is 13.2. The molecule has 0 heterocycles. The molecule has 0 aliphatic heterocycles. The lowest BCUT2D eigenvalue weighted by Gasteiger charge is -2.44. The van der Waals surface area contributed by atoms with Crippen molar-refractivity contribution in [2.45, 2.75) is 51.2 Å². The number of rotatable bonds is 5. The summed E-state index contributed by atoms with van der Waals surface area (Å²) in [6.45, 7) is 4.77. The molecule has 0 bridgehead atoms. The van der Waals surface area contributed by atoms with Crippen LogP contribution in [0.15, 0.2) is 18.2 Å². The molecule has 0 aromatic heterocycles. The summed E-state index contributed by atoms with van der Waals surface area (Å²) in [4.78, 5) is 0. The molecule has 4 heteroatoms. The van der Waals surface area contributed by atoms with Gasteiger partial charge < -0.3 is 15.2 Å². The van der Waals surface area contributed by atoms with Crippen LogP contribution in [0.4, 0.5) is 4.39 Å². The van der Waals surface area contributed by atoms with E-state index < -0.39 is 11.6 Å². The first-order chi connectivity index (χ1) is 10.0. The molecular weight excluding hydrogens is 269 g/mol. The van der Waals surface area contributed by atoms with Gasteiger partial charge in [-0.05, 0) is 31.7 Å². The number of nitrogens with two attached hydrogens (primary N) is 1. The van der Waals surface area contributed by atoms with Crippen molar-refractivity contribution < 1.29 is 13.9 Å². The third-order valence-corrected chi connectivity index (χ3v) is 4.54. The van der Waals surface area contributed by atoms with Crippen molar-refractivity contribution in [2.75, 3.05) is 13.7 Å². The number of hydrogen-bond donors (Lipinski definition) is 1. The molecule has 3 nitrogen and oxygen atoms in total. The van der Waals surface area contributed by atoms with E-state index >= 15 is 0 Å². The van der Waals surface area contributed by atoms with Crippen molar-refractivity contribution in [1.82, 2.24) is 0 Å². The van der Waals surface area contributed by atoms with E-state index in [0.717, 1.165) is 19.3 Å². The van der Waals surface area contributed by atoms with Crippen LogP contribution in [-0.4, -0.2) is 19.3 Å². The molecular formula is C17H26FNO2. The van der Waals surface area contributed by atoms with Gasteiger partial charge >= 0.3 is 0 Å². The molecule has 2 N–H and O–H groups in total. The van der Waals surface area contributed by atoms with Crippen molar-refractivity contribution in [2.24, 2.45) is 11.7 Å². The van der Waals surface area contributed by atoms with Crippen molar-refractivity contribution in [3.8, 4) is 5.75 Å². The molecule has 1 aromatic rings. The van der Waals surface area contributed by atoms with Crippen LogP contribution in [-0.2, 0) is 4.74 Å². The van der Waals surface area contributed by atoms with E-state index in [1.54, 1.807) is 18.2 Å². The fraction of sp³-hybridized carbons (Fsp3) is 0.647. The van der Waals surface area contributed by atoms with E-state index in [0.29, 0.717) is 18.1 Å². The topological polar surface area (TPSA) is 44.5 Å². The minimum Gasteiger partial charge on any atom is -0.494 e. The minimum atomic E-state index is -0.477. The Bertz CT molecular complexity index is 476. The zero-order chi connectivity index (χ0) is 15.5. The Labute approximate surface area is 126 Å². The van der Waals surface area contributed by atoms with Gasteiger partial charge in [-0.3, -0.25) is 0 Å². The summed E-state index contributed by atoms with van der Waals surface area (Å²) in [7, 11) is 1.47. The van der Waals surface area contributed by atoms with Crippen molar-refractivity contribution >= 4 is 0 Å². The Kier molecular flexibility index (Phi) is 5.22. The molecule has 1 aliphatic rings. The molecule has 0 saturated heterocycles. The highest BCUT2D eigenvalue weighted by Gasteiger charge is 2.42. The lowest BCUT2D eigenvalue weighted by molar-refractivity contribution is -0.0944. The predicted molar refractivity (Wildman–Crippen MR) is 81.9 cm³/mol. The van der Waals surface area contributed by atoms with Crippen LogP contribution >= 0.6 is 0 Å². The van der Waals surface area contributed by atoms with Gasteiger partial charge in [0.15, 0.2) is 11.6 Å². The quantitative estimate of drug-likeness (QED) is 0.898. The van der Waals surface area contributed by atoms with Crippen LogP contribution in [0, 0.1) is 11.7 Å². The fourth-order valence-electron chi connectivity index (χ4n) is 3.54. The first-order valence-electron chi connectivity index (χ1n) is 7.76. The highest BCUT2D eigenvalue weighted by atomic mass is 19.1. The average molecular weight is 295 g/mol. The van der Waals surface area contributed by atoms with Crippen molar-refractivity contribution in [1.29, 1.82) is 0 Å². The van der Waals surface area contributed by atoms with Gasteiger partial charge in [0, 0.05) is 12.2 Å². The Hall–Kier alpha value is -1.13. The molecule has 1 aliphatic carbocycles. The van der Waals surface area contributed by atoms with Crippen LogP contribution in [0.25, 0.3) is 0 Å². The molecule has 1 fully saturated rings. The second-order valence-electron chi connectivity index (χ2n) is 6.04. The monoisotopic (exact) mass is 295 g/mol. The van der Waals surface area contributed by atoms with Crippen LogP contribution in [0.2, 0.25) is 0 Å². The Morgan fingerprint density at radius 1 is 1.48 bits per heavy atom. The lowest BCUT2D eigenvalue weighted by atomic mass is 9.73.